The van der Waals surface area contributed by atoms with Gasteiger partial charge in [0, 0.05) is 24.2 Å². The van der Waals surface area contributed by atoms with Crippen LogP contribution in [-0.4, -0.2) is 18.0 Å². The molecule has 0 saturated heterocycles. The van der Waals surface area contributed by atoms with Crippen LogP contribution in [0.5, 0.6) is 0 Å². The van der Waals surface area contributed by atoms with E-state index in [0.717, 1.165) is 5.56 Å². The molecule has 106 valence electrons. The van der Waals surface area contributed by atoms with Crippen LogP contribution in [0.1, 0.15) is 24.1 Å². The molecule has 2 aromatic carbocycles. The second kappa shape index (κ2) is 6.64. The van der Waals surface area contributed by atoms with Crippen molar-refractivity contribution in [3.05, 3.63) is 71.5 Å². The van der Waals surface area contributed by atoms with Gasteiger partial charge in [0.15, 0.2) is 0 Å². The topological polar surface area (TPSA) is 29.3 Å². The maximum Gasteiger partial charge on any atom is 0.127 e. The van der Waals surface area contributed by atoms with Gasteiger partial charge >= 0.3 is 0 Å². The van der Waals surface area contributed by atoms with Gasteiger partial charge in [0.25, 0.3) is 0 Å². The average Bonchev–Trinajstić information content (AvgIpc) is 2.49. The molecule has 2 N–H and O–H groups in total. The lowest BCUT2D eigenvalue weighted by Gasteiger charge is -2.30. The van der Waals surface area contributed by atoms with E-state index in [1.54, 1.807) is 6.07 Å². The molecule has 0 aliphatic heterocycles. The predicted octanol–water partition coefficient (Wildman–Crippen LogP) is 3.35. The smallest absolute Gasteiger partial charge is 0.127 e. The van der Waals surface area contributed by atoms with E-state index in [9.17, 15) is 4.39 Å². The number of benzene rings is 2. The Morgan fingerprint density at radius 2 is 1.65 bits per heavy atom. The Hall–Kier alpha value is -1.71. The fourth-order valence-electron chi connectivity index (χ4n) is 2.27. The average molecular weight is 272 g/mol. The maximum atomic E-state index is 13.7. The lowest BCUT2D eigenvalue weighted by molar-refractivity contribution is 0.216. The van der Waals surface area contributed by atoms with Crippen molar-refractivity contribution in [1.29, 1.82) is 0 Å². The number of hydrogen-bond donors (Lipinski definition) is 1. The first-order valence-electron chi connectivity index (χ1n) is 6.83. The highest BCUT2D eigenvalue weighted by atomic mass is 19.1. The van der Waals surface area contributed by atoms with Gasteiger partial charge in [-0.15, -0.1) is 0 Å². The Kier molecular flexibility index (Phi) is 4.88. The molecule has 0 amide bonds. The number of halogens is 1. The van der Waals surface area contributed by atoms with Gasteiger partial charge in [0.2, 0.25) is 0 Å². The van der Waals surface area contributed by atoms with Crippen LogP contribution < -0.4 is 5.73 Å². The number of rotatable bonds is 5. The quantitative estimate of drug-likeness (QED) is 0.904. The van der Waals surface area contributed by atoms with Crippen LogP contribution in [0, 0.1) is 5.82 Å². The molecule has 2 nitrogen and oxygen atoms in total. The minimum Gasteiger partial charge on any atom is -0.323 e. The molecule has 2 unspecified atom stereocenters. The molecule has 0 aromatic heterocycles. The molecule has 0 saturated carbocycles. The zero-order valence-corrected chi connectivity index (χ0v) is 12.0. The van der Waals surface area contributed by atoms with E-state index < -0.39 is 0 Å². The van der Waals surface area contributed by atoms with Gasteiger partial charge in [0.1, 0.15) is 5.82 Å². The van der Waals surface area contributed by atoms with Gasteiger partial charge in [-0.3, -0.25) is 4.90 Å². The zero-order chi connectivity index (χ0) is 14.5. The number of hydrogen-bond acceptors (Lipinski definition) is 2. The summed E-state index contributed by atoms with van der Waals surface area (Å²) in [4.78, 5) is 2.08. The molecule has 20 heavy (non-hydrogen) atoms. The lowest BCUT2D eigenvalue weighted by Crippen LogP contribution is -2.38. The summed E-state index contributed by atoms with van der Waals surface area (Å²) in [6.45, 7) is 2.62. The third kappa shape index (κ3) is 3.44. The summed E-state index contributed by atoms with van der Waals surface area (Å²) in [6, 6.07) is 16.9. The molecule has 0 aliphatic carbocycles. The molecule has 2 atom stereocenters. The highest BCUT2D eigenvalue weighted by Crippen LogP contribution is 2.19. The molecule has 2 aromatic rings. The van der Waals surface area contributed by atoms with Crippen molar-refractivity contribution in [2.24, 2.45) is 5.73 Å². The molecule has 0 bridgehead atoms. The molecular formula is C17H21FN2. The molecule has 0 fully saturated rings. The molecule has 0 aliphatic rings. The highest BCUT2D eigenvalue weighted by molar-refractivity contribution is 5.21. The Morgan fingerprint density at radius 1 is 1.05 bits per heavy atom. The second-order valence-corrected chi connectivity index (χ2v) is 5.18. The van der Waals surface area contributed by atoms with Gasteiger partial charge in [0.05, 0.1) is 0 Å². The third-order valence-corrected chi connectivity index (χ3v) is 3.78. The van der Waals surface area contributed by atoms with Crippen molar-refractivity contribution >= 4 is 0 Å². The second-order valence-electron chi connectivity index (χ2n) is 5.18. The third-order valence-electron chi connectivity index (χ3n) is 3.78. The van der Waals surface area contributed by atoms with Crippen LogP contribution in [0.25, 0.3) is 0 Å². The fourth-order valence-corrected chi connectivity index (χ4v) is 2.27. The first kappa shape index (κ1) is 14.7. The normalized spacial score (nSPS) is 14.2. The molecule has 0 spiro atoms. The highest BCUT2D eigenvalue weighted by Gasteiger charge is 2.19. The molecular weight excluding hydrogens is 251 g/mol. The molecule has 3 heteroatoms. The van der Waals surface area contributed by atoms with Gasteiger partial charge in [-0.05, 0) is 25.6 Å². The first-order valence-corrected chi connectivity index (χ1v) is 6.83. The van der Waals surface area contributed by atoms with Crippen molar-refractivity contribution in [3.8, 4) is 0 Å². The minimum atomic E-state index is -0.167. The van der Waals surface area contributed by atoms with Gasteiger partial charge in [-0.25, -0.2) is 4.39 Å². The van der Waals surface area contributed by atoms with Crippen LogP contribution >= 0.6 is 0 Å². The summed E-state index contributed by atoms with van der Waals surface area (Å²) < 4.78 is 13.7. The van der Waals surface area contributed by atoms with Crippen molar-refractivity contribution in [2.75, 3.05) is 7.05 Å². The number of nitrogens with two attached hydrogens (primary N) is 1. The predicted molar refractivity (Wildman–Crippen MR) is 80.7 cm³/mol. The summed E-state index contributed by atoms with van der Waals surface area (Å²) in [5, 5.41) is 0. The Balaban J connectivity index is 2.05. The number of nitrogens with zero attached hydrogens (tertiary/aromatic N) is 1. The summed E-state index contributed by atoms with van der Waals surface area (Å²) in [7, 11) is 1.97. The minimum absolute atomic E-state index is 0.0898. The van der Waals surface area contributed by atoms with Crippen LogP contribution in [0.3, 0.4) is 0 Å². The maximum absolute atomic E-state index is 13.7. The fraction of sp³-hybridized carbons (Fsp3) is 0.294. The summed E-state index contributed by atoms with van der Waals surface area (Å²) in [6.07, 6.45) is 0. The first-order chi connectivity index (χ1) is 9.59. The molecule has 2 rings (SSSR count). The molecule has 0 radical (unpaired) electrons. The van der Waals surface area contributed by atoms with Gasteiger partial charge < -0.3 is 5.73 Å². The van der Waals surface area contributed by atoms with Gasteiger partial charge in [-0.2, -0.15) is 0 Å². The van der Waals surface area contributed by atoms with E-state index in [0.29, 0.717) is 12.1 Å². The van der Waals surface area contributed by atoms with E-state index in [1.165, 1.54) is 6.07 Å². The monoisotopic (exact) mass is 272 g/mol. The van der Waals surface area contributed by atoms with Crippen molar-refractivity contribution in [1.82, 2.24) is 4.90 Å². The van der Waals surface area contributed by atoms with Gasteiger partial charge in [-0.1, -0.05) is 48.5 Å². The van der Waals surface area contributed by atoms with E-state index in [2.05, 4.69) is 11.8 Å². The Bertz CT molecular complexity index is 542. The summed E-state index contributed by atoms with van der Waals surface area (Å²) >= 11 is 0. The van der Waals surface area contributed by atoms with Crippen LogP contribution in [-0.2, 0) is 6.54 Å². The standard InChI is InChI=1S/C17H21FN2/c1-13(17(19)14-8-4-3-5-9-14)20(2)12-15-10-6-7-11-16(15)18/h3-11,13,17H,12,19H2,1-2H3. The lowest BCUT2D eigenvalue weighted by atomic mass is 10.00. The van der Waals surface area contributed by atoms with Crippen molar-refractivity contribution < 1.29 is 4.39 Å². The van der Waals surface area contributed by atoms with E-state index in [4.69, 9.17) is 5.73 Å². The summed E-state index contributed by atoms with van der Waals surface area (Å²) in [5.41, 5.74) is 8.09. The van der Waals surface area contributed by atoms with Crippen LogP contribution in [0.4, 0.5) is 4.39 Å². The molecule has 0 heterocycles. The summed E-state index contributed by atoms with van der Waals surface area (Å²) in [5.74, 6) is -0.167. The largest absolute Gasteiger partial charge is 0.323 e. The van der Waals surface area contributed by atoms with E-state index >= 15 is 0 Å². The van der Waals surface area contributed by atoms with E-state index in [1.807, 2.05) is 49.5 Å². The van der Waals surface area contributed by atoms with Crippen LogP contribution in [0.2, 0.25) is 0 Å². The number of likely N-dealkylation sites (N-methyl/N-ethyl adjacent to an activating group) is 1. The Labute approximate surface area is 120 Å². The Morgan fingerprint density at radius 3 is 2.30 bits per heavy atom. The van der Waals surface area contributed by atoms with Crippen LogP contribution in [0.15, 0.2) is 54.6 Å². The van der Waals surface area contributed by atoms with E-state index in [-0.39, 0.29) is 17.9 Å². The van der Waals surface area contributed by atoms with Crippen molar-refractivity contribution in [2.45, 2.75) is 25.6 Å². The van der Waals surface area contributed by atoms with Crippen molar-refractivity contribution in [3.63, 3.8) is 0 Å². The zero-order valence-electron chi connectivity index (χ0n) is 12.0. The SMILES string of the molecule is CC(C(N)c1ccccc1)N(C)Cc1ccccc1F.